The molecule has 0 amide bonds. The zero-order chi connectivity index (χ0) is 17.7. The largest absolute Gasteiger partial charge is 0.454 e. The summed E-state index contributed by atoms with van der Waals surface area (Å²) in [4.78, 5) is 24.4. The lowest BCUT2D eigenvalue weighted by molar-refractivity contribution is 0.0474. The molecule has 0 aliphatic heterocycles. The van der Waals surface area contributed by atoms with E-state index in [0.29, 0.717) is 4.90 Å². The van der Waals surface area contributed by atoms with Crippen LogP contribution in [0.25, 0.3) is 0 Å². The maximum atomic E-state index is 12.8. The third-order valence-corrected chi connectivity index (χ3v) is 4.84. The molecule has 0 spiro atoms. The fourth-order valence-corrected chi connectivity index (χ4v) is 2.88. The summed E-state index contributed by atoms with van der Waals surface area (Å²) in [7, 11) is -1.13. The lowest BCUT2D eigenvalue weighted by Crippen LogP contribution is -2.14. The molecule has 0 saturated heterocycles. The van der Waals surface area contributed by atoms with Crippen LogP contribution in [0.4, 0.5) is 4.39 Å². The van der Waals surface area contributed by atoms with E-state index >= 15 is 0 Å². The molecule has 0 aliphatic rings. The third-order valence-electron chi connectivity index (χ3n) is 3.25. The highest BCUT2D eigenvalue weighted by Crippen LogP contribution is 2.13. The minimum Gasteiger partial charge on any atom is -0.454 e. The van der Waals surface area contributed by atoms with Crippen LogP contribution in [0.5, 0.6) is 0 Å². The summed E-state index contributed by atoms with van der Waals surface area (Å²) in [6.07, 6.45) is 0. The number of hydrogen-bond acceptors (Lipinski definition) is 4. The summed E-state index contributed by atoms with van der Waals surface area (Å²) in [6.45, 7) is 3.27. The summed E-state index contributed by atoms with van der Waals surface area (Å²) in [5.74, 6) is -1.50. The van der Waals surface area contributed by atoms with Crippen molar-refractivity contribution >= 4 is 22.6 Å². The van der Waals surface area contributed by atoms with Crippen LogP contribution in [0.3, 0.4) is 0 Å². The molecule has 0 radical (unpaired) electrons. The van der Waals surface area contributed by atoms with Crippen molar-refractivity contribution in [1.29, 1.82) is 0 Å². The summed E-state index contributed by atoms with van der Waals surface area (Å²) < 4.78 is 29.7. The van der Waals surface area contributed by atoms with Gasteiger partial charge in [-0.2, -0.15) is 0 Å². The summed E-state index contributed by atoms with van der Waals surface area (Å²) in [6, 6.07) is 11.2. The topological polar surface area (TPSA) is 60.4 Å². The Morgan fingerprint density at radius 2 is 1.54 bits per heavy atom. The van der Waals surface area contributed by atoms with E-state index in [4.69, 9.17) is 4.74 Å². The summed E-state index contributed by atoms with van der Waals surface area (Å²) in [5.41, 5.74) is 0.540. The molecule has 0 N–H and O–H groups in total. The van der Waals surface area contributed by atoms with Crippen molar-refractivity contribution in [2.75, 3.05) is 6.61 Å². The van der Waals surface area contributed by atoms with Gasteiger partial charge in [0.25, 0.3) is 0 Å². The number of ketones is 1. The van der Waals surface area contributed by atoms with Crippen LogP contribution in [-0.2, 0) is 15.5 Å². The van der Waals surface area contributed by atoms with Gasteiger partial charge in [-0.05, 0) is 48.5 Å². The molecule has 1 atom stereocenters. The van der Waals surface area contributed by atoms with Gasteiger partial charge in [-0.25, -0.2) is 9.18 Å². The molecule has 2 rings (SSSR count). The first-order valence-electron chi connectivity index (χ1n) is 7.35. The zero-order valence-electron chi connectivity index (χ0n) is 13.3. The monoisotopic (exact) mass is 348 g/mol. The average Bonchev–Trinajstić information content (AvgIpc) is 2.59. The second-order valence-corrected chi connectivity index (χ2v) is 7.39. The van der Waals surface area contributed by atoms with E-state index in [-0.39, 0.29) is 16.4 Å². The quantitative estimate of drug-likeness (QED) is 0.593. The lowest BCUT2D eigenvalue weighted by atomic mass is 10.1. The van der Waals surface area contributed by atoms with E-state index in [1.807, 2.05) is 13.8 Å². The van der Waals surface area contributed by atoms with E-state index in [1.165, 1.54) is 36.4 Å². The van der Waals surface area contributed by atoms with Crippen molar-refractivity contribution in [1.82, 2.24) is 0 Å². The summed E-state index contributed by atoms with van der Waals surface area (Å²) in [5, 5.41) is -0.0175. The predicted molar refractivity (Wildman–Crippen MR) is 89.0 cm³/mol. The minimum absolute atomic E-state index is 0.0175. The van der Waals surface area contributed by atoms with Crippen LogP contribution in [0.1, 0.15) is 34.6 Å². The van der Waals surface area contributed by atoms with Gasteiger partial charge in [-0.3, -0.25) is 9.00 Å². The zero-order valence-corrected chi connectivity index (χ0v) is 14.1. The lowest BCUT2D eigenvalue weighted by Gasteiger charge is -2.07. The van der Waals surface area contributed by atoms with E-state index < -0.39 is 35.0 Å². The number of Topliss-reactive ketones (excluding diaryl/α,β-unsaturated/α-hetero) is 1. The van der Waals surface area contributed by atoms with Gasteiger partial charge in [0.15, 0.2) is 12.4 Å². The van der Waals surface area contributed by atoms with Crippen LogP contribution in [0.15, 0.2) is 53.4 Å². The van der Waals surface area contributed by atoms with Crippen LogP contribution in [-0.4, -0.2) is 27.8 Å². The first-order valence-corrected chi connectivity index (χ1v) is 8.56. The maximum absolute atomic E-state index is 12.8. The van der Waals surface area contributed by atoms with Gasteiger partial charge in [0.2, 0.25) is 0 Å². The highest BCUT2D eigenvalue weighted by atomic mass is 32.2. The highest BCUT2D eigenvalue weighted by Gasteiger charge is 2.13. The number of benzene rings is 2. The van der Waals surface area contributed by atoms with Crippen molar-refractivity contribution in [2.24, 2.45) is 0 Å². The van der Waals surface area contributed by atoms with Crippen molar-refractivity contribution in [3.63, 3.8) is 0 Å². The number of carbonyl (C=O) groups excluding carboxylic acids is 2. The van der Waals surface area contributed by atoms with Gasteiger partial charge in [-0.15, -0.1) is 0 Å². The first kappa shape index (κ1) is 18.0. The Bertz CT molecular complexity index is 752. The van der Waals surface area contributed by atoms with E-state index in [0.717, 1.165) is 0 Å². The van der Waals surface area contributed by atoms with E-state index in [9.17, 15) is 18.2 Å². The molecule has 0 bridgehead atoms. The third kappa shape index (κ3) is 4.58. The fourth-order valence-electron chi connectivity index (χ4n) is 1.93. The smallest absolute Gasteiger partial charge is 0.338 e. The molecular formula is C18H17FO4S. The molecule has 126 valence electrons. The molecule has 0 heterocycles. The highest BCUT2D eigenvalue weighted by molar-refractivity contribution is 7.85. The Balaban J connectivity index is 1.96. The SMILES string of the molecule is CC(C)[S@@](=O)c1ccc(C(=O)OCC(=O)c2ccc(F)cc2)cc1. The molecule has 6 heteroatoms. The van der Waals surface area contributed by atoms with Gasteiger partial charge in [0, 0.05) is 15.7 Å². The number of esters is 1. The fraction of sp³-hybridized carbons (Fsp3) is 0.222. The molecule has 0 unspecified atom stereocenters. The number of hydrogen-bond donors (Lipinski definition) is 0. The Hall–Kier alpha value is -2.34. The number of ether oxygens (including phenoxy) is 1. The average molecular weight is 348 g/mol. The number of rotatable bonds is 6. The van der Waals surface area contributed by atoms with Crippen molar-refractivity contribution in [3.05, 3.63) is 65.5 Å². The maximum Gasteiger partial charge on any atom is 0.338 e. The molecular weight excluding hydrogens is 331 g/mol. The molecule has 2 aromatic rings. The predicted octanol–water partition coefficient (Wildman–Crippen LogP) is 3.38. The van der Waals surface area contributed by atoms with E-state index in [2.05, 4.69) is 0 Å². The van der Waals surface area contributed by atoms with Crippen molar-refractivity contribution < 1.29 is 22.9 Å². The molecule has 0 aromatic heterocycles. The van der Waals surface area contributed by atoms with Gasteiger partial charge in [0.1, 0.15) is 5.82 Å². The molecule has 4 nitrogen and oxygen atoms in total. The van der Waals surface area contributed by atoms with Crippen LogP contribution in [0.2, 0.25) is 0 Å². The number of halogens is 1. The number of carbonyl (C=O) groups is 2. The second-order valence-electron chi connectivity index (χ2n) is 5.38. The van der Waals surface area contributed by atoms with Gasteiger partial charge < -0.3 is 4.74 Å². The van der Waals surface area contributed by atoms with Crippen molar-refractivity contribution in [3.8, 4) is 0 Å². The van der Waals surface area contributed by atoms with Crippen LogP contribution < -0.4 is 0 Å². The normalized spacial score (nSPS) is 12.0. The minimum atomic E-state index is -1.13. The summed E-state index contributed by atoms with van der Waals surface area (Å²) >= 11 is 0. The Kier molecular flexibility index (Phi) is 5.98. The molecule has 24 heavy (non-hydrogen) atoms. The van der Waals surface area contributed by atoms with Gasteiger partial charge in [0.05, 0.1) is 16.4 Å². The Labute approximate surface area is 142 Å². The molecule has 0 saturated carbocycles. The van der Waals surface area contributed by atoms with Crippen molar-refractivity contribution in [2.45, 2.75) is 24.0 Å². The standard InChI is InChI=1S/C18H17FO4S/c1-12(2)24(22)16-9-5-14(6-10-16)18(21)23-11-17(20)13-3-7-15(19)8-4-13/h3-10,12H,11H2,1-2H3/t24-/m1/s1. The second kappa shape index (κ2) is 7.97. The Morgan fingerprint density at radius 3 is 2.08 bits per heavy atom. The van der Waals surface area contributed by atoms with Gasteiger partial charge >= 0.3 is 5.97 Å². The molecule has 0 aliphatic carbocycles. The molecule has 2 aromatic carbocycles. The van der Waals surface area contributed by atoms with Gasteiger partial charge in [-0.1, -0.05) is 13.8 Å². The van der Waals surface area contributed by atoms with E-state index in [1.54, 1.807) is 12.1 Å². The first-order chi connectivity index (χ1) is 11.4. The van der Waals surface area contributed by atoms with Crippen LogP contribution >= 0.6 is 0 Å². The van der Waals surface area contributed by atoms with Crippen LogP contribution in [0, 0.1) is 5.82 Å². The Morgan fingerprint density at radius 1 is 1.00 bits per heavy atom. The molecule has 0 fully saturated rings.